The standard InChI is InChI=1S/C19H16Cl3N3O5S2/c1-29-15-4-3-10(5-16(15)30-2)8-23-18(26)14-9-31-19(24-14)25-32(27,28)17-7-12(21)11(20)6-13(17)22/h3-7,9H,8H2,1-2H3,(H,23,26)(H,24,25). The number of nitrogens with one attached hydrogen (secondary N) is 2. The summed E-state index contributed by atoms with van der Waals surface area (Å²) >= 11 is 18.7. The van der Waals surface area contributed by atoms with Crippen molar-refractivity contribution in [1.29, 1.82) is 0 Å². The lowest BCUT2D eigenvalue weighted by Crippen LogP contribution is -2.23. The maximum Gasteiger partial charge on any atom is 0.271 e. The Kier molecular flexibility index (Phi) is 7.73. The summed E-state index contributed by atoms with van der Waals surface area (Å²) in [4.78, 5) is 16.2. The van der Waals surface area contributed by atoms with E-state index in [0.717, 1.165) is 23.0 Å². The van der Waals surface area contributed by atoms with Crippen LogP contribution in [0.5, 0.6) is 11.5 Å². The van der Waals surface area contributed by atoms with Gasteiger partial charge >= 0.3 is 0 Å². The Labute approximate surface area is 203 Å². The molecule has 0 radical (unpaired) electrons. The number of anilines is 1. The van der Waals surface area contributed by atoms with Crippen LogP contribution >= 0.6 is 46.1 Å². The zero-order chi connectivity index (χ0) is 23.5. The Bertz CT molecular complexity index is 1270. The zero-order valence-electron chi connectivity index (χ0n) is 16.6. The van der Waals surface area contributed by atoms with E-state index in [1.165, 1.54) is 25.7 Å². The van der Waals surface area contributed by atoms with Crippen LogP contribution in [-0.2, 0) is 16.6 Å². The molecule has 0 aliphatic heterocycles. The lowest BCUT2D eigenvalue weighted by molar-refractivity contribution is 0.0946. The second-order valence-electron chi connectivity index (χ2n) is 6.21. The summed E-state index contributed by atoms with van der Waals surface area (Å²) in [5.74, 6) is 0.626. The van der Waals surface area contributed by atoms with Gasteiger partial charge < -0.3 is 14.8 Å². The number of hydrogen-bond donors (Lipinski definition) is 2. The molecule has 1 aromatic heterocycles. The topological polar surface area (TPSA) is 107 Å². The third-order valence-corrected chi connectivity index (χ3v) is 7.54. The zero-order valence-corrected chi connectivity index (χ0v) is 20.5. The number of nitrogens with zero attached hydrogens (tertiary/aromatic N) is 1. The summed E-state index contributed by atoms with van der Waals surface area (Å²) in [6.07, 6.45) is 0. The van der Waals surface area contributed by atoms with Crippen molar-refractivity contribution in [2.75, 3.05) is 18.9 Å². The first-order valence-corrected chi connectivity index (χ1v) is 12.3. The largest absolute Gasteiger partial charge is 0.493 e. The van der Waals surface area contributed by atoms with Gasteiger partial charge in [0.15, 0.2) is 16.6 Å². The number of benzene rings is 2. The number of carbonyl (C=O) groups is 1. The highest BCUT2D eigenvalue weighted by atomic mass is 35.5. The van der Waals surface area contributed by atoms with Crippen molar-refractivity contribution in [3.05, 3.63) is 62.0 Å². The lowest BCUT2D eigenvalue weighted by Gasteiger charge is -2.10. The van der Waals surface area contributed by atoms with Crippen LogP contribution in [0.3, 0.4) is 0 Å². The molecule has 170 valence electrons. The number of aromatic nitrogens is 1. The van der Waals surface area contributed by atoms with Gasteiger partial charge in [-0.2, -0.15) is 0 Å². The molecule has 13 heteroatoms. The molecule has 1 heterocycles. The van der Waals surface area contributed by atoms with Gasteiger partial charge in [0.25, 0.3) is 15.9 Å². The first-order chi connectivity index (χ1) is 15.1. The summed E-state index contributed by atoms with van der Waals surface area (Å²) < 4.78 is 38.0. The number of amides is 1. The minimum atomic E-state index is -4.10. The fourth-order valence-electron chi connectivity index (χ4n) is 2.57. The van der Waals surface area contributed by atoms with Crippen LogP contribution < -0.4 is 19.5 Å². The second kappa shape index (κ2) is 10.1. The van der Waals surface area contributed by atoms with Crippen molar-refractivity contribution in [3.63, 3.8) is 0 Å². The van der Waals surface area contributed by atoms with Gasteiger partial charge in [-0.1, -0.05) is 40.9 Å². The fraction of sp³-hybridized carbons (Fsp3) is 0.158. The molecule has 0 atom stereocenters. The maximum atomic E-state index is 12.6. The third kappa shape index (κ3) is 5.57. The summed E-state index contributed by atoms with van der Waals surface area (Å²) in [6.45, 7) is 0.205. The molecule has 0 saturated heterocycles. The quantitative estimate of drug-likeness (QED) is 0.399. The van der Waals surface area contributed by atoms with Crippen molar-refractivity contribution in [3.8, 4) is 11.5 Å². The normalized spacial score (nSPS) is 11.2. The second-order valence-corrected chi connectivity index (χ2v) is 9.94. The van der Waals surface area contributed by atoms with Gasteiger partial charge in [0.2, 0.25) is 0 Å². The van der Waals surface area contributed by atoms with Gasteiger partial charge in [0, 0.05) is 11.9 Å². The maximum absolute atomic E-state index is 12.6. The highest BCUT2D eigenvalue weighted by molar-refractivity contribution is 7.93. The van der Waals surface area contributed by atoms with Gasteiger partial charge in [0.05, 0.1) is 29.3 Å². The molecule has 0 unspecified atom stereocenters. The van der Waals surface area contributed by atoms with E-state index < -0.39 is 15.9 Å². The van der Waals surface area contributed by atoms with Gasteiger partial charge in [-0.3, -0.25) is 9.52 Å². The van der Waals surface area contributed by atoms with Crippen molar-refractivity contribution in [2.45, 2.75) is 11.4 Å². The Balaban J connectivity index is 1.69. The smallest absolute Gasteiger partial charge is 0.271 e. The Morgan fingerprint density at radius 3 is 2.41 bits per heavy atom. The van der Waals surface area contributed by atoms with E-state index in [1.807, 2.05) is 0 Å². The number of methoxy groups -OCH3 is 2. The van der Waals surface area contributed by atoms with Gasteiger partial charge in [-0.05, 0) is 29.8 Å². The number of halogens is 3. The summed E-state index contributed by atoms with van der Waals surface area (Å²) in [6, 6.07) is 7.61. The summed E-state index contributed by atoms with van der Waals surface area (Å²) in [5, 5.41) is 4.19. The first-order valence-electron chi connectivity index (χ1n) is 8.76. The number of thiazole rings is 1. The molecule has 0 bridgehead atoms. The van der Waals surface area contributed by atoms with Crippen molar-refractivity contribution >= 4 is 67.2 Å². The van der Waals surface area contributed by atoms with Crippen molar-refractivity contribution in [1.82, 2.24) is 10.3 Å². The van der Waals surface area contributed by atoms with E-state index in [-0.39, 0.29) is 37.3 Å². The molecule has 3 aromatic rings. The summed E-state index contributed by atoms with van der Waals surface area (Å²) in [7, 11) is -1.05. The van der Waals surface area contributed by atoms with Crippen LogP contribution in [0.2, 0.25) is 15.1 Å². The van der Waals surface area contributed by atoms with Crippen LogP contribution in [0, 0.1) is 0 Å². The van der Waals surface area contributed by atoms with Gasteiger partial charge in [-0.25, -0.2) is 13.4 Å². The highest BCUT2D eigenvalue weighted by Crippen LogP contribution is 2.33. The molecule has 2 aromatic carbocycles. The Hall–Kier alpha value is -2.24. The molecular weight excluding hydrogens is 521 g/mol. The highest BCUT2D eigenvalue weighted by Gasteiger charge is 2.22. The molecule has 0 fully saturated rings. The van der Waals surface area contributed by atoms with E-state index in [4.69, 9.17) is 44.3 Å². The molecule has 1 amide bonds. The van der Waals surface area contributed by atoms with E-state index >= 15 is 0 Å². The molecule has 0 spiro atoms. The van der Waals surface area contributed by atoms with Crippen molar-refractivity contribution in [2.24, 2.45) is 0 Å². The van der Waals surface area contributed by atoms with E-state index in [9.17, 15) is 13.2 Å². The number of sulfonamides is 1. The minimum absolute atomic E-state index is 0.0107. The monoisotopic (exact) mass is 535 g/mol. The van der Waals surface area contributed by atoms with E-state index in [0.29, 0.717) is 11.5 Å². The molecule has 0 saturated carbocycles. The average Bonchev–Trinajstić information content (AvgIpc) is 3.22. The van der Waals surface area contributed by atoms with Crippen LogP contribution in [-0.4, -0.2) is 33.5 Å². The van der Waals surface area contributed by atoms with Crippen LogP contribution in [0.15, 0.2) is 40.6 Å². The molecule has 32 heavy (non-hydrogen) atoms. The number of ether oxygens (including phenoxy) is 2. The Morgan fingerprint density at radius 2 is 1.72 bits per heavy atom. The third-order valence-electron chi connectivity index (χ3n) is 4.12. The lowest BCUT2D eigenvalue weighted by atomic mass is 10.2. The molecule has 8 nitrogen and oxygen atoms in total. The average molecular weight is 537 g/mol. The molecular formula is C19H16Cl3N3O5S2. The molecule has 3 rings (SSSR count). The summed E-state index contributed by atoms with van der Waals surface area (Å²) in [5.41, 5.74) is 0.829. The molecule has 0 aliphatic carbocycles. The predicted octanol–water partition coefficient (Wildman–Crippen LogP) is 4.85. The van der Waals surface area contributed by atoms with E-state index in [1.54, 1.807) is 18.2 Å². The number of carbonyl (C=O) groups excluding carboxylic acids is 1. The SMILES string of the molecule is COc1ccc(CNC(=O)c2csc(NS(=O)(=O)c3cc(Cl)c(Cl)cc3Cl)n2)cc1OC. The van der Waals surface area contributed by atoms with Crippen LogP contribution in [0.25, 0.3) is 0 Å². The van der Waals surface area contributed by atoms with Gasteiger partial charge in [0.1, 0.15) is 10.6 Å². The van der Waals surface area contributed by atoms with Crippen LogP contribution in [0.1, 0.15) is 16.1 Å². The minimum Gasteiger partial charge on any atom is -0.493 e. The fourth-order valence-corrected chi connectivity index (χ4v) is 5.51. The number of rotatable bonds is 8. The molecule has 0 aliphatic rings. The molecule has 2 N–H and O–H groups in total. The Morgan fingerprint density at radius 1 is 1.03 bits per heavy atom. The van der Waals surface area contributed by atoms with E-state index in [2.05, 4.69) is 15.0 Å². The van der Waals surface area contributed by atoms with Gasteiger partial charge in [-0.15, -0.1) is 11.3 Å². The van der Waals surface area contributed by atoms with Crippen LogP contribution in [0.4, 0.5) is 5.13 Å². The predicted molar refractivity (Wildman–Crippen MR) is 125 cm³/mol. The first kappa shape index (κ1) is 24.4. The number of hydrogen-bond acceptors (Lipinski definition) is 7. The van der Waals surface area contributed by atoms with Crippen molar-refractivity contribution < 1.29 is 22.7 Å².